The molecule has 1 amide bonds. The van der Waals surface area contributed by atoms with Gasteiger partial charge in [-0.3, -0.25) is 4.79 Å². The minimum atomic E-state index is -0.830. The summed E-state index contributed by atoms with van der Waals surface area (Å²) in [5.74, 6) is -0.126. The predicted octanol–water partition coefficient (Wildman–Crippen LogP) is 6.58. The van der Waals surface area contributed by atoms with E-state index in [4.69, 9.17) is 11.6 Å². The number of para-hydroxylation sites is 1. The van der Waals surface area contributed by atoms with E-state index >= 15 is 0 Å². The Hall–Kier alpha value is -3.11. The number of aromatic nitrogens is 1. The zero-order valence-corrected chi connectivity index (χ0v) is 18.4. The molecule has 0 bridgehead atoms. The molecule has 1 fully saturated rings. The van der Waals surface area contributed by atoms with Gasteiger partial charge in [0.25, 0.3) is 5.91 Å². The molecule has 4 aromatic rings. The zero-order chi connectivity index (χ0) is 22.1. The summed E-state index contributed by atoms with van der Waals surface area (Å²) < 4.78 is 15.6. The topological polar surface area (TPSA) is 25.2 Å². The number of nitrogens with zero attached hydrogens (tertiary/aromatic N) is 2. The van der Waals surface area contributed by atoms with Crippen molar-refractivity contribution in [2.24, 2.45) is 0 Å². The molecule has 3 aromatic carbocycles. The largest absolute Gasteiger partial charge is 0.337 e. The number of hydrogen-bond acceptors (Lipinski definition) is 1. The average molecular weight is 447 g/mol. The first-order chi connectivity index (χ1) is 15.6. The Kier molecular flexibility index (Phi) is 5.71. The first kappa shape index (κ1) is 20.8. The van der Waals surface area contributed by atoms with Gasteiger partial charge in [-0.1, -0.05) is 84.4 Å². The molecule has 0 atom stereocenters. The monoisotopic (exact) mass is 446 g/mol. The summed E-state index contributed by atoms with van der Waals surface area (Å²) in [4.78, 5) is 15.2. The molecule has 1 aliphatic heterocycles. The number of fused-ring (bicyclic) bond motifs is 1. The van der Waals surface area contributed by atoms with Gasteiger partial charge >= 0.3 is 0 Å². The summed E-state index contributed by atoms with van der Waals surface area (Å²) in [6, 6.07) is 26.4. The SMILES string of the molecule is O=C(c1c(Cl)c2ccccc2n1Cc1ccc(-c2ccccc2)cc1)N1CCC(F)CC1. The zero-order valence-electron chi connectivity index (χ0n) is 17.7. The van der Waals surface area contributed by atoms with E-state index in [0.29, 0.717) is 43.2 Å². The van der Waals surface area contributed by atoms with Crippen molar-refractivity contribution < 1.29 is 9.18 Å². The minimum absolute atomic E-state index is 0.126. The highest BCUT2D eigenvalue weighted by molar-refractivity contribution is 6.38. The van der Waals surface area contributed by atoms with Gasteiger partial charge in [0.05, 0.1) is 10.5 Å². The summed E-state index contributed by atoms with van der Waals surface area (Å²) >= 11 is 6.73. The van der Waals surface area contributed by atoms with Crippen molar-refractivity contribution in [2.75, 3.05) is 13.1 Å². The van der Waals surface area contributed by atoms with Gasteiger partial charge < -0.3 is 9.47 Å². The number of carbonyl (C=O) groups excluding carboxylic acids is 1. The number of hydrogen-bond donors (Lipinski definition) is 0. The normalized spacial score (nSPS) is 14.8. The first-order valence-corrected chi connectivity index (χ1v) is 11.3. The lowest BCUT2D eigenvalue weighted by Gasteiger charge is -2.29. The number of rotatable bonds is 4. The highest BCUT2D eigenvalue weighted by Gasteiger charge is 2.29. The molecule has 0 spiro atoms. The van der Waals surface area contributed by atoms with Crippen molar-refractivity contribution in [1.82, 2.24) is 9.47 Å². The maximum Gasteiger partial charge on any atom is 0.272 e. The van der Waals surface area contributed by atoms with Gasteiger partial charge in [-0.05, 0) is 35.6 Å². The lowest BCUT2D eigenvalue weighted by atomic mass is 10.0. The molecule has 0 unspecified atom stereocenters. The van der Waals surface area contributed by atoms with Crippen LogP contribution < -0.4 is 0 Å². The Balaban J connectivity index is 1.50. The third kappa shape index (κ3) is 3.91. The van der Waals surface area contributed by atoms with Crippen LogP contribution in [-0.4, -0.2) is 34.6 Å². The lowest BCUT2D eigenvalue weighted by Crippen LogP contribution is -2.40. The molecule has 0 N–H and O–H groups in total. The number of piperidine rings is 1. The maximum atomic E-state index is 13.6. The Labute approximate surface area is 192 Å². The second-order valence-electron chi connectivity index (χ2n) is 8.30. The van der Waals surface area contributed by atoms with Crippen molar-refractivity contribution in [3.05, 3.63) is 95.1 Å². The molecular weight excluding hydrogens is 423 g/mol. The molecule has 1 saturated heterocycles. The van der Waals surface area contributed by atoms with Crippen molar-refractivity contribution in [2.45, 2.75) is 25.6 Å². The first-order valence-electron chi connectivity index (χ1n) is 11.0. The standard InChI is InChI=1S/C27H24ClFN2O/c28-25-23-8-4-5-9-24(23)31(26(25)27(32)30-16-14-22(29)15-17-30)18-19-10-12-21(13-11-19)20-6-2-1-3-7-20/h1-13,22H,14-18H2. The van der Waals surface area contributed by atoms with Gasteiger partial charge in [0.2, 0.25) is 0 Å². The summed E-state index contributed by atoms with van der Waals surface area (Å²) in [5, 5.41) is 1.33. The van der Waals surface area contributed by atoms with Crippen LogP contribution in [0.4, 0.5) is 4.39 Å². The fourth-order valence-corrected chi connectivity index (χ4v) is 4.79. The third-order valence-electron chi connectivity index (χ3n) is 6.23. The van der Waals surface area contributed by atoms with Gasteiger partial charge in [0, 0.05) is 25.0 Å². The summed E-state index contributed by atoms with van der Waals surface area (Å²) in [6.07, 6.45) is -0.0711. The molecule has 1 aliphatic rings. The van der Waals surface area contributed by atoms with Crippen LogP contribution in [0.25, 0.3) is 22.0 Å². The van der Waals surface area contributed by atoms with Gasteiger partial charge in [-0.2, -0.15) is 0 Å². The molecule has 1 aromatic heterocycles. The molecule has 3 nitrogen and oxygen atoms in total. The maximum absolute atomic E-state index is 13.6. The smallest absolute Gasteiger partial charge is 0.272 e. The van der Waals surface area contributed by atoms with E-state index in [1.807, 2.05) is 47.0 Å². The average Bonchev–Trinajstić information content (AvgIpc) is 3.12. The number of halogens is 2. The number of amides is 1. The number of carbonyl (C=O) groups is 1. The van der Waals surface area contributed by atoms with Crippen LogP contribution in [0.1, 0.15) is 28.9 Å². The molecule has 162 valence electrons. The van der Waals surface area contributed by atoms with Crippen molar-refractivity contribution >= 4 is 28.4 Å². The Bertz CT molecular complexity index is 1240. The molecule has 0 aliphatic carbocycles. The number of likely N-dealkylation sites (tertiary alicyclic amines) is 1. The summed E-state index contributed by atoms with van der Waals surface area (Å²) in [7, 11) is 0. The number of alkyl halides is 1. The fourth-order valence-electron chi connectivity index (χ4n) is 4.45. The lowest BCUT2D eigenvalue weighted by molar-refractivity contribution is 0.0657. The van der Waals surface area contributed by atoms with Gasteiger partial charge in [-0.25, -0.2) is 4.39 Å². The molecule has 0 saturated carbocycles. The highest BCUT2D eigenvalue weighted by Crippen LogP contribution is 2.33. The Morgan fingerprint density at radius 1 is 0.875 bits per heavy atom. The number of benzene rings is 3. The molecular formula is C27H24ClFN2O. The Morgan fingerprint density at radius 2 is 1.50 bits per heavy atom. The van der Waals surface area contributed by atoms with E-state index in [2.05, 4.69) is 36.4 Å². The van der Waals surface area contributed by atoms with Gasteiger partial charge in [0.1, 0.15) is 11.9 Å². The van der Waals surface area contributed by atoms with Gasteiger partial charge in [0.15, 0.2) is 0 Å². The second kappa shape index (κ2) is 8.79. The molecule has 5 rings (SSSR count). The predicted molar refractivity (Wildman–Crippen MR) is 128 cm³/mol. The third-order valence-corrected chi connectivity index (χ3v) is 6.61. The van der Waals surface area contributed by atoms with E-state index in [9.17, 15) is 9.18 Å². The van der Waals surface area contributed by atoms with Crippen LogP contribution >= 0.6 is 11.6 Å². The van der Waals surface area contributed by atoms with E-state index in [0.717, 1.165) is 22.0 Å². The highest BCUT2D eigenvalue weighted by atomic mass is 35.5. The van der Waals surface area contributed by atoms with E-state index < -0.39 is 6.17 Å². The summed E-state index contributed by atoms with van der Waals surface area (Å²) in [5.41, 5.74) is 4.81. The van der Waals surface area contributed by atoms with Crippen molar-refractivity contribution in [1.29, 1.82) is 0 Å². The van der Waals surface area contributed by atoms with Crippen LogP contribution in [0, 0.1) is 0 Å². The molecule has 5 heteroatoms. The van der Waals surface area contributed by atoms with Gasteiger partial charge in [-0.15, -0.1) is 0 Å². The van der Waals surface area contributed by atoms with Crippen LogP contribution in [0.5, 0.6) is 0 Å². The second-order valence-corrected chi connectivity index (χ2v) is 8.67. The fraction of sp³-hybridized carbons (Fsp3) is 0.222. The van der Waals surface area contributed by atoms with E-state index in [1.165, 1.54) is 5.56 Å². The minimum Gasteiger partial charge on any atom is -0.337 e. The quantitative estimate of drug-likeness (QED) is 0.347. The van der Waals surface area contributed by atoms with Crippen LogP contribution in [-0.2, 0) is 6.54 Å². The van der Waals surface area contributed by atoms with E-state index in [1.54, 1.807) is 4.90 Å². The Morgan fingerprint density at radius 3 is 2.22 bits per heavy atom. The van der Waals surface area contributed by atoms with Crippen molar-refractivity contribution in [3.8, 4) is 11.1 Å². The van der Waals surface area contributed by atoms with E-state index in [-0.39, 0.29) is 5.91 Å². The van der Waals surface area contributed by atoms with Crippen LogP contribution in [0.3, 0.4) is 0 Å². The van der Waals surface area contributed by atoms with Crippen molar-refractivity contribution in [3.63, 3.8) is 0 Å². The van der Waals surface area contributed by atoms with Crippen LogP contribution in [0.2, 0.25) is 5.02 Å². The molecule has 2 heterocycles. The molecule has 0 radical (unpaired) electrons. The summed E-state index contributed by atoms with van der Waals surface area (Å²) in [6.45, 7) is 1.37. The van der Waals surface area contributed by atoms with Crippen LogP contribution in [0.15, 0.2) is 78.9 Å². The molecule has 32 heavy (non-hydrogen) atoms.